The number of aromatic amines is 1. The molecule has 1 N–H and O–H groups in total. The van der Waals surface area contributed by atoms with Gasteiger partial charge in [0.05, 0.1) is 40.2 Å². The molecule has 0 unspecified atom stereocenters. The van der Waals surface area contributed by atoms with Gasteiger partial charge in [0.1, 0.15) is 12.4 Å². The molecule has 0 atom stereocenters. The molecule has 30 heavy (non-hydrogen) atoms. The van der Waals surface area contributed by atoms with E-state index in [1.54, 1.807) is 29.2 Å². The van der Waals surface area contributed by atoms with Gasteiger partial charge >= 0.3 is 6.18 Å². The SMILES string of the molecule is Cc1cn(-c2ccc(N(c3ncn[nH]3)c3ccccc3C(F)(F)F)cc2C#N)cn1. The van der Waals surface area contributed by atoms with Crippen molar-refractivity contribution in [3.05, 3.63) is 78.1 Å². The molecule has 0 bridgehead atoms. The molecule has 150 valence electrons. The Bertz CT molecular complexity index is 1220. The molecule has 0 aliphatic carbocycles. The van der Waals surface area contributed by atoms with Crippen LogP contribution in [0.2, 0.25) is 0 Å². The molecule has 4 aromatic rings. The quantitative estimate of drug-likeness (QED) is 0.530. The number of nitrogens with zero attached hydrogens (tertiary/aromatic N) is 6. The number of rotatable bonds is 4. The van der Waals surface area contributed by atoms with Crippen LogP contribution < -0.4 is 4.90 Å². The normalized spacial score (nSPS) is 11.3. The lowest BCUT2D eigenvalue weighted by atomic mass is 10.1. The van der Waals surface area contributed by atoms with Crippen LogP contribution in [0.5, 0.6) is 0 Å². The summed E-state index contributed by atoms with van der Waals surface area (Å²) in [6.07, 6.45) is -0.0606. The van der Waals surface area contributed by atoms with E-state index in [2.05, 4.69) is 26.2 Å². The summed E-state index contributed by atoms with van der Waals surface area (Å²) in [5, 5.41) is 16.0. The number of hydrogen-bond acceptors (Lipinski definition) is 5. The highest BCUT2D eigenvalue weighted by atomic mass is 19.4. The molecule has 2 aromatic carbocycles. The summed E-state index contributed by atoms with van der Waals surface area (Å²) in [6.45, 7) is 1.82. The zero-order valence-corrected chi connectivity index (χ0v) is 15.6. The van der Waals surface area contributed by atoms with Gasteiger partial charge in [-0.25, -0.2) is 10.1 Å². The molecule has 4 rings (SSSR count). The molecule has 0 radical (unpaired) electrons. The second-order valence-electron chi connectivity index (χ2n) is 6.39. The van der Waals surface area contributed by atoms with Gasteiger partial charge < -0.3 is 4.57 Å². The fourth-order valence-corrected chi connectivity index (χ4v) is 3.12. The number of nitrogens with one attached hydrogen (secondary N) is 1. The zero-order chi connectivity index (χ0) is 21.3. The van der Waals surface area contributed by atoms with Gasteiger partial charge in [-0.15, -0.1) is 0 Å². The molecule has 7 nitrogen and oxygen atoms in total. The summed E-state index contributed by atoms with van der Waals surface area (Å²) in [7, 11) is 0. The van der Waals surface area contributed by atoms with Crippen LogP contribution in [0.4, 0.5) is 30.5 Å². The van der Waals surface area contributed by atoms with Crippen molar-refractivity contribution < 1.29 is 13.2 Å². The molecule has 0 aliphatic rings. The second kappa shape index (κ2) is 7.36. The minimum Gasteiger partial charge on any atom is -0.305 e. The maximum Gasteiger partial charge on any atom is 0.418 e. The Morgan fingerprint density at radius 1 is 1.13 bits per heavy atom. The first-order chi connectivity index (χ1) is 14.4. The van der Waals surface area contributed by atoms with Gasteiger partial charge in [0.15, 0.2) is 0 Å². The number of hydrogen-bond donors (Lipinski definition) is 1. The summed E-state index contributed by atoms with van der Waals surface area (Å²) in [5.41, 5.74) is 0.930. The van der Waals surface area contributed by atoms with E-state index < -0.39 is 11.7 Å². The minimum absolute atomic E-state index is 0.0850. The molecule has 0 saturated heterocycles. The molecule has 10 heteroatoms. The zero-order valence-electron chi connectivity index (χ0n) is 15.6. The van der Waals surface area contributed by atoms with Crippen LogP contribution in [0.3, 0.4) is 0 Å². The average Bonchev–Trinajstić information content (AvgIpc) is 3.40. The first-order valence-corrected chi connectivity index (χ1v) is 8.75. The Morgan fingerprint density at radius 2 is 1.93 bits per heavy atom. The Hall–Kier alpha value is -4.13. The number of H-pyrrole nitrogens is 1. The molecule has 2 heterocycles. The number of benzene rings is 2. The van der Waals surface area contributed by atoms with E-state index in [1.807, 2.05) is 6.92 Å². The van der Waals surface area contributed by atoms with Gasteiger partial charge in [0.25, 0.3) is 0 Å². The Morgan fingerprint density at radius 3 is 2.57 bits per heavy atom. The summed E-state index contributed by atoms with van der Waals surface area (Å²) >= 11 is 0. The van der Waals surface area contributed by atoms with Crippen LogP contribution in [0.1, 0.15) is 16.8 Å². The van der Waals surface area contributed by atoms with Crippen LogP contribution in [-0.4, -0.2) is 24.7 Å². The molecule has 0 saturated carbocycles. The number of para-hydroxylation sites is 1. The van der Waals surface area contributed by atoms with Gasteiger partial charge in [0, 0.05) is 6.20 Å². The lowest BCUT2D eigenvalue weighted by Crippen LogP contribution is -2.18. The van der Waals surface area contributed by atoms with Crippen molar-refractivity contribution in [1.82, 2.24) is 24.7 Å². The van der Waals surface area contributed by atoms with E-state index in [9.17, 15) is 18.4 Å². The van der Waals surface area contributed by atoms with Gasteiger partial charge in [-0.2, -0.15) is 28.5 Å². The van der Waals surface area contributed by atoms with E-state index >= 15 is 0 Å². The number of alkyl halides is 3. The van der Waals surface area contributed by atoms with E-state index in [4.69, 9.17) is 0 Å². The van der Waals surface area contributed by atoms with Crippen molar-refractivity contribution >= 4 is 17.3 Å². The van der Waals surface area contributed by atoms with Crippen molar-refractivity contribution in [2.75, 3.05) is 4.90 Å². The van der Waals surface area contributed by atoms with E-state index in [1.165, 1.54) is 35.5 Å². The standard InChI is InChI=1S/C20H14F3N7/c1-13-10-29(12-26-13)17-7-6-15(8-14(17)9-24)30(19-25-11-27-28-19)18-5-3-2-4-16(18)20(21,22)23/h2-8,10-12H,1H3,(H,25,27,28). The summed E-state index contributed by atoms with van der Waals surface area (Å²) in [5.74, 6) is 0.0850. The average molecular weight is 409 g/mol. The number of nitriles is 1. The number of anilines is 3. The van der Waals surface area contributed by atoms with Crippen molar-refractivity contribution in [2.24, 2.45) is 0 Å². The number of halogens is 3. The van der Waals surface area contributed by atoms with Crippen LogP contribution in [-0.2, 0) is 6.18 Å². The third-order valence-corrected chi connectivity index (χ3v) is 4.41. The summed E-state index contributed by atoms with van der Waals surface area (Å²) in [6, 6.07) is 12.0. The van der Waals surface area contributed by atoms with Gasteiger partial charge in [-0.05, 0) is 37.3 Å². The number of imidazole rings is 1. The number of aryl methyl sites for hydroxylation is 1. The second-order valence-corrected chi connectivity index (χ2v) is 6.39. The van der Waals surface area contributed by atoms with Gasteiger partial charge in [0.2, 0.25) is 5.95 Å². The maximum absolute atomic E-state index is 13.7. The molecular formula is C20H14F3N7. The largest absolute Gasteiger partial charge is 0.418 e. The van der Waals surface area contributed by atoms with E-state index in [0.717, 1.165) is 11.8 Å². The number of aromatic nitrogens is 5. The monoisotopic (exact) mass is 409 g/mol. The Balaban J connectivity index is 1.90. The van der Waals surface area contributed by atoms with Crippen LogP contribution in [0.15, 0.2) is 61.3 Å². The summed E-state index contributed by atoms with van der Waals surface area (Å²) in [4.78, 5) is 9.45. The van der Waals surface area contributed by atoms with Crippen LogP contribution >= 0.6 is 0 Å². The highest BCUT2D eigenvalue weighted by molar-refractivity contribution is 5.77. The van der Waals surface area contributed by atoms with Crippen molar-refractivity contribution in [3.63, 3.8) is 0 Å². The maximum atomic E-state index is 13.7. The smallest absolute Gasteiger partial charge is 0.305 e. The van der Waals surface area contributed by atoms with Crippen molar-refractivity contribution in [2.45, 2.75) is 13.1 Å². The summed E-state index contributed by atoms with van der Waals surface area (Å²) < 4.78 is 42.7. The van der Waals surface area contributed by atoms with Crippen LogP contribution in [0, 0.1) is 18.3 Å². The van der Waals surface area contributed by atoms with Gasteiger partial charge in [-0.3, -0.25) is 4.90 Å². The van der Waals surface area contributed by atoms with Crippen LogP contribution in [0.25, 0.3) is 5.69 Å². The third kappa shape index (κ3) is 3.48. The fraction of sp³-hybridized carbons (Fsp3) is 0.100. The molecule has 2 aromatic heterocycles. The van der Waals surface area contributed by atoms with E-state index in [-0.39, 0.29) is 17.2 Å². The first-order valence-electron chi connectivity index (χ1n) is 8.75. The van der Waals surface area contributed by atoms with Crippen molar-refractivity contribution in [3.8, 4) is 11.8 Å². The predicted molar refractivity (Wildman–Crippen MR) is 103 cm³/mol. The molecule has 0 fully saturated rings. The topological polar surface area (TPSA) is 86.4 Å². The molecule has 0 aliphatic heterocycles. The third-order valence-electron chi connectivity index (χ3n) is 4.41. The first kappa shape index (κ1) is 19.2. The molecule has 0 spiro atoms. The van der Waals surface area contributed by atoms with Crippen molar-refractivity contribution in [1.29, 1.82) is 5.26 Å². The highest BCUT2D eigenvalue weighted by Crippen LogP contribution is 2.42. The van der Waals surface area contributed by atoms with E-state index in [0.29, 0.717) is 11.4 Å². The lowest BCUT2D eigenvalue weighted by molar-refractivity contribution is -0.137. The fourth-order valence-electron chi connectivity index (χ4n) is 3.12. The molecule has 0 amide bonds. The Kier molecular flexibility index (Phi) is 4.71. The Labute approximate surface area is 169 Å². The highest BCUT2D eigenvalue weighted by Gasteiger charge is 2.35. The minimum atomic E-state index is -4.58. The molecular weight excluding hydrogens is 395 g/mol. The van der Waals surface area contributed by atoms with Gasteiger partial charge in [-0.1, -0.05) is 12.1 Å². The predicted octanol–water partition coefficient (Wildman–Crippen LogP) is 4.66. The lowest BCUT2D eigenvalue weighted by Gasteiger charge is -2.25.